The Morgan fingerprint density at radius 3 is 2.78 bits per heavy atom. The van der Waals surface area contributed by atoms with E-state index in [1.165, 1.54) is 6.07 Å². The van der Waals surface area contributed by atoms with Crippen LogP contribution in [-0.2, 0) is 0 Å². The second-order valence-electron chi connectivity index (χ2n) is 4.18. The molecule has 0 aromatic heterocycles. The third kappa shape index (κ3) is 2.56. The highest BCUT2D eigenvalue weighted by atomic mass is 19.3. The molecule has 0 aliphatic carbocycles. The monoisotopic (exact) mass is 257 g/mol. The summed E-state index contributed by atoms with van der Waals surface area (Å²) in [5, 5.41) is 3.35. The van der Waals surface area contributed by atoms with Crippen molar-refractivity contribution < 1.29 is 18.3 Å². The first kappa shape index (κ1) is 13.1. The number of alkyl halides is 2. The number of benzene rings is 1. The van der Waals surface area contributed by atoms with E-state index in [9.17, 15) is 8.78 Å². The van der Waals surface area contributed by atoms with Gasteiger partial charge in [-0.3, -0.25) is 0 Å². The summed E-state index contributed by atoms with van der Waals surface area (Å²) in [5.41, 5.74) is 1.00. The van der Waals surface area contributed by atoms with Crippen LogP contribution in [-0.4, -0.2) is 19.3 Å². The maximum atomic E-state index is 12.1. The van der Waals surface area contributed by atoms with Gasteiger partial charge in [0.15, 0.2) is 0 Å². The number of ether oxygens (including phenoxy) is 2. The van der Waals surface area contributed by atoms with Crippen molar-refractivity contribution in [2.75, 3.05) is 6.54 Å². The lowest BCUT2D eigenvalue weighted by Crippen LogP contribution is -2.30. The summed E-state index contributed by atoms with van der Waals surface area (Å²) in [4.78, 5) is 0. The molecule has 2 atom stereocenters. The molecule has 0 bridgehead atoms. The lowest BCUT2D eigenvalue weighted by Gasteiger charge is -2.17. The minimum absolute atomic E-state index is 0.0433. The first-order valence-electron chi connectivity index (χ1n) is 6.14. The highest BCUT2D eigenvalue weighted by molar-refractivity contribution is 5.46. The van der Waals surface area contributed by atoms with E-state index in [-0.39, 0.29) is 17.9 Å². The summed E-state index contributed by atoms with van der Waals surface area (Å²) in [6.07, 6.45) is 0.902. The molecule has 18 heavy (non-hydrogen) atoms. The Labute approximate surface area is 105 Å². The molecule has 2 unspecified atom stereocenters. The molecule has 1 aromatic rings. The maximum absolute atomic E-state index is 12.1. The van der Waals surface area contributed by atoms with Crippen LogP contribution >= 0.6 is 0 Å². The quantitative estimate of drug-likeness (QED) is 0.879. The van der Waals surface area contributed by atoms with Crippen LogP contribution < -0.4 is 14.8 Å². The SMILES string of the molecule is CCNC1c2ccc(OC(F)F)cc2OC1CC. The van der Waals surface area contributed by atoms with Crippen molar-refractivity contribution in [2.45, 2.75) is 39.0 Å². The van der Waals surface area contributed by atoms with Gasteiger partial charge in [0, 0.05) is 11.6 Å². The molecule has 0 spiro atoms. The molecular formula is C13H17F2NO2. The van der Waals surface area contributed by atoms with Gasteiger partial charge in [0.05, 0.1) is 6.04 Å². The predicted octanol–water partition coefficient (Wildman–Crippen LogP) is 3.11. The van der Waals surface area contributed by atoms with Gasteiger partial charge in [-0.15, -0.1) is 0 Å². The maximum Gasteiger partial charge on any atom is 0.387 e. The number of halogens is 2. The zero-order valence-electron chi connectivity index (χ0n) is 10.5. The van der Waals surface area contributed by atoms with Crippen LogP contribution in [0, 0.1) is 0 Å². The highest BCUT2D eigenvalue weighted by Gasteiger charge is 2.32. The number of likely N-dealkylation sites (N-methyl/N-ethyl adjacent to an activating group) is 1. The smallest absolute Gasteiger partial charge is 0.387 e. The molecule has 1 heterocycles. The van der Waals surface area contributed by atoms with Gasteiger partial charge in [0.1, 0.15) is 17.6 Å². The Morgan fingerprint density at radius 2 is 2.17 bits per heavy atom. The van der Waals surface area contributed by atoms with Gasteiger partial charge in [-0.25, -0.2) is 0 Å². The van der Waals surface area contributed by atoms with Crippen LogP contribution in [0.4, 0.5) is 8.78 Å². The minimum Gasteiger partial charge on any atom is -0.488 e. The molecule has 2 rings (SSSR count). The first-order valence-corrected chi connectivity index (χ1v) is 6.14. The molecular weight excluding hydrogens is 240 g/mol. The fraction of sp³-hybridized carbons (Fsp3) is 0.538. The minimum atomic E-state index is -2.81. The molecule has 1 N–H and O–H groups in total. The van der Waals surface area contributed by atoms with Crippen LogP contribution in [0.2, 0.25) is 0 Å². The van der Waals surface area contributed by atoms with Crippen LogP contribution in [0.1, 0.15) is 31.9 Å². The van der Waals surface area contributed by atoms with E-state index < -0.39 is 6.61 Å². The standard InChI is InChI=1S/C13H17F2NO2/c1-3-10-12(16-4-2)9-6-5-8(17-13(14)15)7-11(9)18-10/h5-7,10,12-13,16H,3-4H2,1-2H3. The van der Waals surface area contributed by atoms with Crippen molar-refractivity contribution in [3.8, 4) is 11.5 Å². The van der Waals surface area contributed by atoms with Gasteiger partial charge in [0.25, 0.3) is 0 Å². The fourth-order valence-electron chi connectivity index (χ4n) is 2.26. The van der Waals surface area contributed by atoms with Crippen LogP contribution in [0.25, 0.3) is 0 Å². The molecule has 0 saturated carbocycles. The summed E-state index contributed by atoms with van der Waals surface area (Å²) in [5.74, 6) is 0.765. The van der Waals surface area contributed by atoms with Crippen molar-refractivity contribution in [1.29, 1.82) is 0 Å². The lowest BCUT2D eigenvalue weighted by atomic mass is 10.0. The van der Waals surface area contributed by atoms with Gasteiger partial charge in [0.2, 0.25) is 0 Å². The van der Waals surface area contributed by atoms with Crippen molar-refractivity contribution in [3.63, 3.8) is 0 Å². The summed E-state index contributed by atoms with van der Waals surface area (Å²) in [6, 6.07) is 4.99. The van der Waals surface area contributed by atoms with Gasteiger partial charge in [-0.1, -0.05) is 13.8 Å². The number of fused-ring (bicyclic) bond motifs is 1. The van der Waals surface area contributed by atoms with E-state index in [1.54, 1.807) is 12.1 Å². The average molecular weight is 257 g/mol. The van der Waals surface area contributed by atoms with Gasteiger partial charge >= 0.3 is 6.61 Å². The summed E-state index contributed by atoms with van der Waals surface area (Å²) in [7, 11) is 0. The van der Waals surface area contributed by atoms with Gasteiger partial charge in [-0.05, 0) is 25.1 Å². The van der Waals surface area contributed by atoms with Crippen LogP contribution in [0.5, 0.6) is 11.5 Å². The molecule has 0 amide bonds. The van der Waals surface area contributed by atoms with Gasteiger partial charge in [-0.2, -0.15) is 8.78 Å². The average Bonchev–Trinajstić information content (AvgIpc) is 2.66. The van der Waals surface area contributed by atoms with E-state index in [2.05, 4.69) is 10.1 Å². The number of hydrogen-bond acceptors (Lipinski definition) is 3. The third-order valence-corrected chi connectivity index (χ3v) is 3.02. The highest BCUT2D eigenvalue weighted by Crippen LogP contribution is 2.40. The zero-order valence-corrected chi connectivity index (χ0v) is 10.5. The van der Waals surface area contributed by atoms with E-state index in [0.717, 1.165) is 18.5 Å². The molecule has 1 aliphatic heterocycles. The van der Waals surface area contributed by atoms with Crippen molar-refractivity contribution in [1.82, 2.24) is 5.32 Å². The fourth-order valence-corrected chi connectivity index (χ4v) is 2.26. The van der Waals surface area contributed by atoms with Crippen molar-refractivity contribution >= 4 is 0 Å². The molecule has 0 radical (unpaired) electrons. The van der Waals surface area contributed by atoms with Crippen LogP contribution in [0.3, 0.4) is 0 Å². The predicted molar refractivity (Wildman–Crippen MR) is 64.2 cm³/mol. The summed E-state index contributed by atoms with van der Waals surface area (Å²) in [6.45, 7) is 2.09. The third-order valence-electron chi connectivity index (χ3n) is 3.02. The molecule has 1 aliphatic rings. The molecule has 3 nitrogen and oxygen atoms in total. The molecule has 1 aromatic carbocycles. The van der Waals surface area contributed by atoms with E-state index in [4.69, 9.17) is 4.74 Å². The van der Waals surface area contributed by atoms with Gasteiger partial charge < -0.3 is 14.8 Å². The lowest BCUT2D eigenvalue weighted by molar-refractivity contribution is -0.0499. The Bertz CT molecular complexity index is 412. The molecule has 5 heteroatoms. The number of nitrogens with one attached hydrogen (secondary N) is 1. The normalized spacial score (nSPS) is 21.8. The largest absolute Gasteiger partial charge is 0.488 e. The van der Waals surface area contributed by atoms with Crippen molar-refractivity contribution in [3.05, 3.63) is 23.8 Å². The summed E-state index contributed by atoms with van der Waals surface area (Å²) < 4.78 is 34.4. The van der Waals surface area contributed by atoms with Crippen molar-refractivity contribution in [2.24, 2.45) is 0 Å². The van der Waals surface area contributed by atoms with E-state index >= 15 is 0 Å². The number of rotatable bonds is 5. The first-order chi connectivity index (χ1) is 8.65. The van der Waals surface area contributed by atoms with E-state index in [1.807, 2.05) is 13.8 Å². The Hall–Kier alpha value is -1.36. The molecule has 0 saturated heterocycles. The Morgan fingerprint density at radius 1 is 1.39 bits per heavy atom. The number of hydrogen-bond donors (Lipinski definition) is 1. The summed E-state index contributed by atoms with van der Waals surface area (Å²) >= 11 is 0. The van der Waals surface area contributed by atoms with E-state index in [0.29, 0.717) is 5.75 Å². The Balaban J connectivity index is 2.22. The van der Waals surface area contributed by atoms with Crippen LogP contribution in [0.15, 0.2) is 18.2 Å². The topological polar surface area (TPSA) is 30.5 Å². The zero-order chi connectivity index (χ0) is 13.1. The second-order valence-corrected chi connectivity index (χ2v) is 4.18. The molecule has 0 fully saturated rings. The Kier molecular flexibility index (Phi) is 4.01. The second kappa shape index (κ2) is 5.52. The molecule has 100 valence electrons.